The molecule has 5 rings (SSSR count). The highest BCUT2D eigenvalue weighted by Crippen LogP contribution is 2.54. The lowest BCUT2D eigenvalue weighted by Crippen LogP contribution is -2.60. The van der Waals surface area contributed by atoms with Crippen LogP contribution in [-0.2, 0) is 39.9 Å². The molecule has 7 nitrogen and oxygen atoms in total. The van der Waals surface area contributed by atoms with Crippen LogP contribution in [0.25, 0.3) is 0 Å². The second-order valence-electron chi connectivity index (χ2n) is 8.77. The van der Waals surface area contributed by atoms with Crippen molar-refractivity contribution in [1.29, 1.82) is 0 Å². The molecule has 0 aromatic heterocycles. The summed E-state index contributed by atoms with van der Waals surface area (Å²) in [6.45, 7) is 0.966. The Bertz CT molecular complexity index is 796. The van der Waals surface area contributed by atoms with Gasteiger partial charge in [-0.2, -0.15) is 0 Å². The Labute approximate surface area is 176 Å². The summed E-state index contributed by atoms with van der Waals surface area (Å²) in [7, 11) is 1.39. The fourth-order valence-corrected chi connectivity index (χ4v) is 5.50. The minimum Gasteiger partial charge on any atom is -0.469 e. The van der Waals surface area contributed by atoms with Gasteiger partial charge in [0.25, 0.3) is 0 Å². The molecule has 4 fully saturated rings. The molecule has 2 bridgehead atoms. The number of hydrogen-bond acceptors (Lipinski definition) is 7. The van der Waals surface area contributed by atoms with E-state index in [0.29, 0.717) is 26.1 Å². The normalized spacial score (nSPS) is 39.0. The molecule has 0 aliphatic carbocycles. The number of Topliss-reactive ketones (excluding diaryl/α,β-unsaturated/α-hetero) is 1. The third-order valence-electron chi connectivity index (χ3n) is 6.97. The molecule has 7 atom stereocenters. The van der Waals surface area contributed by atoms with E-state index >= 15 is 0 Å². The minimum atomic E-state index is -0.833. The predicted octanol–water partition coefficient (Wildman–Crippen LogP) is 2.20. The van der Waals surface area contributed by atoms with Crippen LogP contribution in [0.15, 0.2) is 30.3 Å². The Morgan fingerprint density at radius 2 is 2.00 bits per heavy atom. The SMILES string of the molecule is COC(=O)C[C@H]1CC[C@@H]2O[C@H]3C(=O)[C@@]4(CCOCc5ccccc5)C[C@@H]([C@H]2O1)[C@@H]3O4. The molecule has 0 spiro atoms. The highest BCUT2D eigenvalue weighted by molar-refractivity contribution is 5.95. The van der Waals surface area contributed by atoms with Gasteiger partial charge in [0.2, 0.25) is 0 Å². The van der Waals surface area contributed by atoms with Crippen LogP contribution in [0.4, 0.5) is 0 Å². The van der Waals surface area contributed by atoms with Gasteiger partial charge in [-0.15, -0.1) is 0 Å². The molecular formula is C23H28O7. The number of ether oxygens (including phenoxy) is 5. The van der Waals surface area contributed by atoms with E-state index in [0.717, 1.165) is 18.4 Å². The van der Waals surface area contributed by atoms with Crippen LogP contribution in [0.2, 0.25) is 0 Å². The van der Waals surface area contributed by atoms with Gasteiger partial charge in [-0.05, 0) is 24.8 Å². The molecule has 162 valence electrons. The first-order chi connectivity index (χ1) is 14.6. The molecule has 7 heteroatoms. The summed E-state index contributed by atoms with van der Waals surface area (Å²) in [4.78, 5) is 24.7. The zero-order valence-electron chi connectivity index (χ0n) is 17.2. The molecule has 0 unspecified atom stereocenters. The number of rotatable bonds is 7. The van der Waals surface area contributed by atoms with Crippen molar-refractivity contribution in [3.8, 4) is 0 Å². The number of hydrogen-bond donors (Lipinski definition) is 0. The summed E-state index contributed by atoms with van der Waals surface area (Å²) in [6.07, 6.45) is 1.74. The maximum absolute atomic E-state index is 13.1. The van der Waals surface area contributed by atoms with Crippen LogP contribution in [0.5, 0.6) is 0 Å². The predicted molar refractivity (Wildman–Crippen MR) is 105 cm³/mol. The monoisotopic (exact) mass is 416 g/mol. The smallest absolute Gasteiger partial charge is 0.308 e. The number of ketones is 1. The van der Waals surface area contributed by atoms with Gasteiger partial charge in [0.1, 0.15) is 11.7 Å². The van der Waals surface area contributed by atoms with Crippen molar-refractivity contribution < 1.29 is 33.3 Å². The van der Waals surface area contributed by atoms with Gasteiger partial charge in [0.15, 0.2) is 5.78 Å². The molecule has 4 heterocycles. The molecule has 0 amide bonds. The Morgan fingerprint density at radius 1 is 1.17 bits per heavy atom. The van der Waals surface area contributed by atoms with Crippen molar-refractivity contribution in [3.63, 3.8) is 0 Å². The van der Waals surface area contributed by atoms with E-state index in [1.165, 1.54) is 7.11 Å². The van der Waals surface area contributed by atoms with E-state index in [1.54, 1.807) is 0 Å². The van der Waals surface area contributed by atoms with Crippen LogP contribution in [0, 0.1) is 5.92 Å². The third-order valence-corrected chi connectivity index (χ3v) is 6.97. The Morgan fingerprint density at radius 3 is 2.80 bits per heavy atom. The number of carbonyl (C=O) groups excluding carboxylic acids is 2. The quantitative estimate of drug-likeness (QED) is 0.498. The van der Waals surface area contributed by atoms with E-state index in [4.69, 9.17) is 23.7 Å². The number of carbonyl (C=O) groups is 2. The van der Waals surface area contributed by atoms with E-state index < -0.39 is 11.7 Å². The second-order valence-corrected chi connectivity index (χ2v) is 8.77. The van der Waals surface area contributed by atoms with Crippen molar-refractivity contribution in [1.82, 2.24) is 0 Å². The van der Waals surface area contributed by atoms with Crippen LogP contribution in [0.1, 0.15) is 37.7 Å². The number of fused-ring (bicyclic) bond motifs is 3. The standard InChI is InChI=1S/C23H28O7/c1-26-18(24)11-15-7-8-17-19(28-15)16-12-23(22(25)21(29-17)20(16)30-23)9-10-27-13-14-5-3-2-4-6-14/h2-6,15-17,19-21H,7-13H2,1H3/t15-,16+,17+,19-,20+,21-,23-/m1/s1. The second kappa shape index (κ2) is 8.04. The fraction of sp³-hybridized carbons (Fsp3) is 0.652. The van der Waals surface area contributed by atoms with Crippen LogP contribution < -0.4 is 0 Å². The average Bonchev–Trinajstić information content (AvgIpc) is 3.29. The molecule has 0 saturated carbocycles. The van der Waals surface area contributed by atoms with Gasteiger partial charge >= 0.3 is 5.97 Å². The third kappa shape index (κ3) is 3.47. The van der Waals surface area contributed by atoms with Gasteiger partial charge in [-0.25, -0.2) is 0 Å². The summed E-state index contributed by atoms with van der Waals surface area (Å²) >= 11 is 0. The van der Waals surface area contributed by atoms with Crippen LogP contribution in [0.3, 0.4) is 0 Å². The van der Waals surface area contributed by atoms with Gasteiger partial charge < -0.3 is 23.7 Å². The lowest BCUT2D eigenvalue weighted by molar-refractivity contribution is -0.226. The van der Waals surface area contributed by atoms with Crippen molar-refractivity contribution in [2.75, 3.05) is 13.7 Å². The first-order valence-electron chi connectivity index (χ1n) is 10.8. The van der Waals surface area contributed by atoms with Crippen LogP contribution in [-0.4, -0.2) is 61.6 Å². The zero-order valence-corrected chi connectivity index (χ0v) is 17.2. The topological polar surface area (TPSA) is 80.3 Å². The van der Waals surface area contributed by atoms with Crippen molar-refractivity contribution >= 4 is 11.8 Å². The summed E-state index contributed by atoms with van der Waals surface area (Å²) in [5.41, 5.74) is 0.272. The van der Waals surface area contributed by atoms with E-state index in [1.807, 2.05) is 30.3 Å². The molecule has 0 N–H and O–H groups in total. The molecular weight excluding hydrogens is 388 g/mol. The van der Waals surface area contributed by atoms with Gasteiger partial charge in [0.05, 0.1) is 51.2 Å². The molecule has 4 aliphatic rings. The molecule has 0 radical (unpaired) electrons. The molecule has 4 aliphatic heterocycles. The van der Waals surface area contributed by atoms with E-state index in [-0.39, 0.29) is 48.5 Å². The summed E-state index contributed by atoms with van der Waals surface area (Å²) in [5.74, 6) is -0.0947. The number of esters is 1. The summed E-state index contributed by atoms with van der Waals surface area (Å²) < 4.78 is 29.3. The Kier molecular flexibility index (Phi) is 5.39. The summed E-state index contributed by atoms with van der Waals surface area (Å²) in [5, 5.41) is 0. The van der Waals surface area contributed by atoms with Crippen molar-refractivity contribution in [2.45, 2.75) is 74.8 Å². The van der Waals surface area contributed by atoms with Gasteiger partial charge in [-0.3, -0.25) is 9.59 Å². The highest BCUT2D eigenvalue weighted by atomic mass is 16.6. The minimum absolute atomic E-state index is 0.0576. The van der Waals surface area contributed by atoms with Gasteiger partial charge in [0, 0.05) is 12.3 Å². The van der Waals surface area contributed by atoms with Crippen molar-refractivity contribution in [3.05, 3.63) is 35.9 Å². The van der Waals surface area contributed by atoms with E-state index in [9.17, 15) is 9.59 Å². The Balaban J connectivity index is 1.21. The fourth-order valence-electron chi connectivity index (χ4n) is 5.50. The van der Waals surface area contributed by atoms with Crippen LogP contribution >= 0.6 is 0 Å². The largest absolute Gasteiger partial charge is 0.469 e. The summed E-state index contributed by atoms with van der Waals surface area (Å²) in [6, 6.07) is 9.97. The average molecular weight is 416 g/mol. The Hall–Kier alpha value is -1.80. The molecule has 30 heavy (non-hydrogen) atoms. The first-order valence-corrected chi connectivity index (χ1v) is 10.8. The lowest BCUT2D eigenvalue weighted by atomic mass is 9.71. The maximum Gasteiger partial charge on any atom is 0.308 e. The molecule has 4 saturated heterocycles. The first kappa shape index (κ1) is 20.1. The van der Waals surface area contributed by atoms with E-state index in [2.05, 4.69) is 0 Å². The van der Waals surface area contributed by atoms with Gasteiger partial charge in [-0.1, -0.05) is 30.3 Å². The van der Waals surface area contributed by atoms with Crippen molar-refractivity contribution in [2.24, 2.45) is 5.92 Å². The molecule has 1 aromatic rings. The highest BCUT2D eigenvalue weighted by Gasteiger charge is 2.69. The number of methoxy groups -OCH3 is 1. The number of benzene rings is 1. The lowest BCUT2D eigenvalue weighted by Gasteiger charge is -2.47. The molecule has 1 aromatic carbocycles. The maximum atomic E-state index is 13.1. The zero-order chi connectivity index (χ0) is 20.7.